The molecule has 2 aromatic carbocycles. The van der Waals surface area contributed by atoms with Crippen LogP contribution in [-0.4, -0.2) is 19.7 Å². The lowest BCUT2D eigenvalue weighted by Gasteiger charge is -2.34. The fourth-order valence-electron chi connectivity index (χ4n) is 3.90. The second kappa shape index (κ2) is 5.16. The molecule has 0 radical (unpaired) electrons. The van der Waals surface area contributed by atoms with E-state index < -0.39 is 17.2 Å². The molecule has 0 saturated carbocycles. The number of aromatic amines is 1. The van der Waals surface area contributed by atoms with Gasteiger partial charge in [0.2, 0.25) is 0 Å². The molecule has 1 aliphatic heterocycles. The van der Waals surface area contributed by atoms with Crippen LogP contribution in [0.15, 0.2) is 36.5 Å². The Kier molecular flexibility index (Phi) is 3.05. The van der Waals surface area contributed by atoms with E-state index in [9.17, 15) is 0 Å². The lowest BCUT2D eigenvalue weighted by Crippen LogP contribution is -2.36. The van der Waals surface area contributed by atoms with Crippen LogP contribution in [-0.2, 0) is 5.54 Å². The highest BCUT2D eigenvalue weighted by Gasteiger charge is 2.37. The number of nitrogens with one attached hydrogen (secondary N) is 2. The number of benzene rings is 2. The van der Waals surface area contributed by atoms with Crippen molar-refractivity contribution in [2.45, 2.75) is 26.3 Å². The van der Waals surface area contributed by atoms with Crippen LogP contribution < -0.4 is 5.32 Å². The zero-order valence-corrected chi connectivity index (χ0v) is 15.1. The van der Waals surface area contributed by atoms with Crippen molar-refractivity contribution in [1.82, 2.24) is 19.7 Å². The summed E-state index contributed by atoms with van der Waals surface area (Å²) in [6.07, 6.45) is 1.76. The second-order valence-corrected chi connectivity index (χ2v) is 7.34. The van der Waals surface area contributed by atoms with Crippen LogP contribution in [0.4, 0.5) is 14.5 Å². The van der Waals surface area contributed by atoms with Gasteiger partial charge in [0.1, 0.15) is 17.3 Å². The van der Waals surface area contributed by atoms with Crippen LogP contribution >= 0.6 is 0 Å². The smallest absolute Gasteiger partial charge is 0.162 e. The van der Waals surface area contributed by atoms with Crippen molar-refractivity contribution in [2.75, 3.05) is 5.32 Å². The minimum Gasteiger partial charge on any atom is -0.371 e. The van der Waals surface area contributed by atoms with E-state index in [0.29, 0.717) is 22.9 Å². The summed E-state index contributed by atoms with van der Waals surface area (Å²) in [5.74, 6) is -0.107. The monoisotopic (exact) mass is 365 g/mol. The summed E-state index contributed by atoms with van der Waals surface area (Å²) in [4.78, 5) is 3.08. The first kappa shape index (κ1) is 16.0. The molecule has 0 atom stereocenters. The lowest BCUT2D eigenvalue weighted by atomic mass is 9.95. The van der Waals surface area contributed by atoms with Gasteiger partial charge in [-0.1, -0.05) is 12.1 Å². The number of halogens is 2. The van der Waals surface area contributed by atoms with E-state index in [0.717, 1.165) is 10.9 Å². The van der Waals surface area contributed by atoms with Crippen LogP contribution in [0.2, 0.25) is 0 Å². The molecule has 27 heavy (non-hydrogen) atoms. The number of H-pyrrole nitrogens is 1. The van der Waals surface area contributed by atoms with E-state index >= 15 is 8.78 Å². The standard InChI is InChI=1S/C20H17F2N5/c1-10-25-26-19-20(2,3)24-15-9-13(21)16(17(22)18(15)27(10)19)12-5-4-6-14-11(12)7-8-23-14/h4-9,23-24H,1-3H3. The summed E-state index contributed by atoms with van der Waals surface area (Å²) in [5, 5.41) is 12.3. The molecule has 0 unspecified atom stereocenters. The van der Waals surface area contributed by atoms with Crippen molar-refractivity contribution in [3.8, 4) is 16.8 Å². The Hall–Kier alpha value is -3.22. The summed E-state index contributed by atoms with van der Waals surface area (Å²) in [5.41, 5.74) is 1.30. The Morgan fingerprint density at radius 2 is 1.93 bits per heavy atom. The van der Waals surface area contributed by atoms with Gasteiger partial charge in [0.15, 0.2) is 11.6 Å². The van der Waals surface area contributed by atoms with E-state index in [-0.39, 0.29) is 11.3 Å². The normalized spacial score (nSPS) is 14.7. The average Bonchev–Trinajstić information content (AvgIpc) is 3.22. The Bertz CT molecular complexity index is 1220. The van der Waals surface area contributed by atoms with Gasteiger partial charge in [-0.3, -0.25) is 4.57 Å². The van der Waals surface area contributed by atoms with Crippen molar-refractivity contribution in [3.05, 3.63) is 59.8 Å². The second-order valence-electron chi connectivity index (χ2n) is 7.34. The van der Waals surface area contributed by atoms with Gasteiger partial charge in [-0.25, -0.2) is 8.78 Å². The highest BCUT2D eigenvalue weighted by molar-refractivity contribution is 5.96. The minimum absolute atomic E-state index is 0.0560. The first-order valence-corrected chi connectivity index (χ1v) is 8.68. The maximum absolute atomic E-state index is 15.8. The molecule has 2 N–H and O–H groups in total. The van der Waals surface area contributed by atoms with E-state index in [1.54, 1.807) is 29.8 Å². The van der Waals surface area contributed by atoms with Crippen LogP contribution in [0.5, 0.6) is 0 Å². The third kappa shape index (κ3) is 2.08. The fourth-order valence-corrected chi connectivity index (χ4v) is 3.90. The third-order valence-corrected chi connectivity index (χ3v) is 5.11. The molecule has 0 aliphatic carbocycles. The average molecular weight is 365 g/mol. The number of hydrogen-bond donors (Lipinski definition) is 2. The SMILES string of the molecule is Cc1nnc2n1-c1c(cc(F)c(-c3cccc4[nH]ccc34)c1F)NC2(C)C. The zero-order valence-electron chi connectivity index (χ0n) is 15.1. The highest BCUT2D eigenvalue weighted by Crippen LogP contribution is 2.43. The Balaban J connectivity index is 1.87. The van der Waals surface area contributed by atoms with Crippen LogP contribution in [0.25, 0.3) is 27.7 Å². The van der Waals surface area contributed by atoms with Gasteiger partial charge >= 0.3 is 0 Å². The molecule has 5 nitrogen and oxygen atoms in total. The molecule has 0 fully saturated rings. The predicted octanol–water partition coefficient (Wildman–Crippen LogP) is 4.66. The number of aromatic nitrogens is 4. The van der Waals surface area contributed by atoms with Gasteiger partial charge in [-0.05, 0) is 38.5 Å². The van der Waals surface area contributed by atoms with E-state index in [1.165, 1.54) is 6.07 Å². The van der Waals surface area contributed by atoms with Gasteiger partial charge in [0, 0.05) is 23.2 Å². The predicted molar refractivity (Wildman–Crippen MR) is 100.0 cm³/mol. The van der Waals surface area contributed by atoms with Crippen LogP contribution in [0, 0.1) is 18.6 Å². The largest absolute Gasteiger partial charge is 0.371 e. The molecule has 0 spiro atoms. The summed E-state index contributed by atoms with van der Waals surface area (Å²) in [6, 6.07) is 8.55. The number of anilines is 1. The number of nitrogens with zero attached hydrogens (tertiary/aromatic N) is 3. The van der Waals surface area contributed by atoms with Gasteiger partial charge in [-0.2, -0.15) is 0 Å². The summed E-state index contributed by atoms with van der Waals surface area (Å²) >= 11 is 0. The molecule has 0 bridgehead atoms. The first-order valence-electron chi connectivity index (χ1n) is 8.68. The number of aryl methyl sites for hydroxylation is 1. The topological polar surface area (TPSA) is 58.5 Å². The van der Waals surface area contributed by atoms with Crippen molar-refractivity contribution in [1.29, 1.82) is 0 Å². The third-order valence-electron chi connectivity index (χ3n) is 5.11. The van der Waals surface area contributed by atoms with Crippen molar-refractivity contribution in [2.24, 2.45) is 0 Å². The quantitative estimate of drug-likeness (QED) is 0.516. The Labute approximate surface area is 154 Å². The molecule has 0 saturated heterocycles. The Morgan fingerprint density at radius 3 is 2.74 bits per heavy atom. The molecular formula is C20H17F2N5. The van der Waals surface area contributed by atoms with Gasteiger partial charge < -0.3 is 10.3 Å². The Morgan fingerprint density at radius 1 is 1.11 bits per heavy atom. The van der Waals surface area contributed by atoms with Crippen LogP contribution in [0.3, 0.4) is 0 Å². The fraction of sp³-hybridized carbons (Fsp3) is 0.200. The lowest BCUT2D eigenvalue weighted by molar-refractivity contribution is 0.517. The van der Waals surface area contributed by atoms with Gasteiger partial charge in [0.25, 0.3) is 0 Å². The van der Waals surface area contributed by atoms with Crippen molar-refractivity contribution >= 4 is 16.6 Å². The number of fused-ring (bicyclic) bond motifs is 4. The first-order chi connectivity index (χ1) is 12.9. The molecule has 0 amide bonds. The molecular weight excluding hydrogens is 348 g/mol. The van der Waals surface area contributed by atoms with Gasteiger partial charge in [-0.15, -0.1) is 10.2 Å². The number of rotatable bonds is 1. The van der Waals surface area contributed by atoms with Crippen LogP contribution in [0.1, 0.15) is 25.5 Å². The molecule has 5 rings (SSSR count). The highest BCUT2D eigenvalue weighted by atomic mass is 19.1. The zero-order chi connectivity index (χ0) is 18.9. The van der Waals surface area contributed by atoms with Crippen molar-refractivity contribution in [3.63, 3.8) is 0 Å². The van der Waals surface area contributed by atoms with E-state index in [1.807, 2.05) is 26.0 Å². The van der Waals surface area contributed by atoms with Crippen molar-refractivity contribution < 1.29 is 8.78 Å². The van der Waals surface area contributed by atoms with E-state index in [4.69, 9.17) is 0 Å². The maximum atomic E-state index is 15.8. The molecule has 1 aliphatic rings. The molecule has 3 heterocycles. The summed E-state index contributed by atoms with van der Waals surface area (Å²) in [7, 11) is 0. The molecule has 2 aromatic heterocycles. The van der Waals surface area contributed by atoms with E-state index in [2.05, 4.69) is 20.5 Å². The molecule has 7 heteroatoms. The molecule has 136 valence electrons. The number of hydrogen-bond acceptors (Lipinski definition) is 3. The van der Waals surface area contributed by atoms with Gasteiger partial charge in [0.05, 0.1) is 16.8 Å². The molecule has 4 aromatic rings. The maximum Gasteiger partial charge on any atom is 0.162 e. The summed E-state index contributed by atoms with van der Waals surface area (Å²) < 4.78 is 32.5. The minimum atomic E-state index is -0.633. The summed E-state index contributed by atoms with van der Waals surface area (Å²) in [6.45, 7) is 5.57.